The van der Waals surface area contributed by atoms with Crippen molar-refractivity contribution in [1.29, 1.82) is 0 Å². The number of para-hydroxylation sites is 2. The maximum Gasteiger partial charge on any atom is 0.125 e. The zero-order valence-corrected chi connectivity index (χ0v) is 15.0. The Kier molecular flexibility index (Phi) is 5.56. The van der Waals surface area contributed by atoms with Gasteiger partial charge in [0.25, 0.3) is 0 Å². The fourth-order valence-corrected chi connectivity index (χ4v) is 2.55. The van der Waals surface area contributed by atoms with Gasteiger partial charge < -0.3 is 10.2 Å². The molecule has 3 rings (SSSR count). The molecule has 4 nitrogen and oxygen atoms in total. The van der Waals surface area contributed by atoms with Crippen LogP contribution in [0.25, 0.3) is 0 Å². The van der Waals surface area contributed by atoms with E-state index in [1.54, 1.807) is 48.8 Å². The van der Waals surface area contributed by atoms with Gasteiger partial charge in [-0.15, -0.1) is 0 Å². The Morgan fingerprint density at radius 2 is 1.08 bits per heavy atom. The third-order valence-electron chi connectivity index (χ3n) is 3.55. The van der Waals surface area contributed by atoms with Crippen LogP contribution in [-0.2, 0) is 0 Å². The predicted octanol–water partition coefficient (Wildman–Crippen LogP) is 5.91. The van der Waals surface area contributed by atoms with Crippen LogP contribution in [0.2, 0.25) is 10.0 Å². The van der Waals surface area contributed by atoms with E-state index in [1.807, 2.05) is 12.1 Å². The summed E-state index contributed by atoms with van der Waals surface area (Å²) >= 11 is 11.7. The molecule has 0 bridgehead atoms. The van der Waals surface area contributed by atoms with Crippen LogP contribution in [-0.4, -0.2) is 22.6 Å². The van der Waals surface area contributed by atoms with Crippen molar-refractivity contribution in [2.24, 2.45) is 9.98 Å². The van der Waals surface area contributed by atoms with Crippen LogP contribution < -0.4 is 0 Å². The fraction of sp³-hybridized carbons (Fsp3) is 0. The second-order valence-corrected chi connectivity index (χ2v) is 6.28. The van der Waals surface area contributed by atoms with Gasteiger partial charge in [-0.3, -0.25) is 9.98 Å². The highest BCUT2D eigenvalue weighted by Gasteiger charge is 2.02. The lowest BCUT2D eigenvalue weighted by atomic mass is 10.2. The molecule has 0 heterocycles. The van der Waals surface area contributed by atoms with Gasteiger partial charge in [0.2, 0.25) is 0 Å². The maximum absolute atomic E-state index is 9.90. The summed E-state index contributed by atoms with van der Waals surface area (Å²) in [7, 11) is 0. The van der Waals surface area contributed by atoms with Crippen LogP contribution in [0.3, 0.4) is 0 Å². The normalized spacial score (nSPS) is 11.5. The number of halogens is 2. The Morgan fingerprint density at radius 3 is 1.46 bits per heavy atom. The van der Waals surface area contributed by atoms with E-state index in [1.165, 1.54) is 12.1 Å². The summed E-state index contributed by atoms with van der Waals surface area (Å²) in [5.41, 5.74) is 2.32. The van der Waals surface area contributed by atoms with Crippen molar-refractivity contribution >= 4 is 47.0 Å². The number of aromatic hydroxyl groups is 2. The fourth-order valence-electron chi connectivity index (χ4n) is 2.21. The SMILES string of the molecule is Oc1cc(Cl)ccc1C=Nc1ccccc1N=Cc1ccc(Cl)cc1O. The van der Waals surface area contributed by atoms with Crippen LogP contribution >= 0.6 is 23.2 Å². The average Bonchev–Trinajstić information content (AvgIpc) is 2.61. The van der Waals surface area contributed by atoms with E-state index in [4.69, 9.17) is 23.2 Å². The molecule has 0 aliphatic carbocycles. The van der Waals surface area contributed by atoms with Gasteiger partial charge in [0.15, 0.2) is 0 Å². The molecule has 0 aromatic heterocycles. The molecule has 3 aromatic rings. The number of phenolic OH excluding ortho intramolecular Hbond substituents is 2. The van der Waals surface area contributed by atoms with E-state index in [0.717, 1.165) is 0 Å². The molecule has 0 fully saturated rings. The van der Waals surface area contributed by atoms with Gasteiger partial charge in [0.05, 0.1) is 11.4 Å². The number of nitrogens with zero attached hydrogens (tertiary/aromatic N) is 2. The minimum atomic E-state index is 0.0494. The van der Waals surface area contributed by atoms with Crippen LogP contribution in [0, 0.1) is 0 Å². The molecule has 6 heteroatoms. The van der Waals surface area contributed by atoms with Gasteiger partial charge in [-0.05, 0) is 48.5 Å². The number of hydrogen-bond acceptors (Lipinski definition) is 4. The summed E-state index contributed by atoms with van der Waals surface area (Å²) < 4.78 is 0. The van der Waals surface area contributed by atoms with Gasteiger partial charge in [-0.2, -0.15) is 0 Å². The highest BCUT2D eigenvalue weighted by molar-refractivity contribution is 6.31. The first-order valence-electron chi connectivity index (χ1n) is 7.67. The number of hydrogen-bond donors (Lipinski definition) is 2. The van der Waals surface area contributed by atoms with Crippen molar-refractivity contribution in [3.8, 4) is 11.5 Å². The Labute approximate surface area is 160 Å². The van der Waals surface area contributed by atoms with E-state index < -0.39 is 0 Å². The van der Waals surface area contributed by atoms with Crippen molar-refractivity contribution in [3.05, 3.63) is 81.8 Å². The summed E-state index contributed by atoms with van der Waals surface area (Å²) in [6, 6.07) is 16.9. The molecule has 0 radical (unpaired) electrons. The number of rotatable bonds is 4. The smallest absolute Gasteiger partial charge is 0.125 e. The Hall–Kier alpha value is -2.82. The molecule has 0 unspecified atom stereocenters. The second-order valence-electron chi connectivity index (χ2n) is 5.41. The highest BCUT2D eigenvalue weighted by Crippen LogP contribution is 2.29. The minimum Gasteiger partial charge on any atom is -0.507 e. The highest BCUT2D eigenvalue weighted by atomic mass is 35.5. The van der Waals surface area contributed by atoms with Crippen LogP contribution in [0.4, 0.5) is 11.4 Å². The molecule has 2 N–H and O–H groups in total. The summed E-state index contributed by atoms with van der Waals surface area (Å²) in [5.74, 6) is 0.0987. The van der Waals surface area contributed by atoms with E-state index >= 15 is 0 Å². The van der Waals surface area contributed by atoms with E-state index in [0.29, 0.717) is 32.5 Å². The zero-order valence-electron chi connectivity index (χ0n) is 13.5. The third kappa shape index (κ3) is 4.42. The molecule has 0 saturated carbocycles. The largest absolute Gasteiger partial charge is 0.507 e. The predicted molar refractivity (Wildman–Crippen MR) is 107 cm³/mol. The van der Waals surface area contributed by atoms with Crippen molar-refractivity contribution in [1.82, 2.24) is 0 Å². The van der Waals surface area contributed by atoms with Crippen molar-refractivity contribution < 1.29 is 10.2 Å². The van der Waals surface area contributed by atoms with Crippen LogP contribution in [0.5, 0.6) is 11.5 Å². The Balaban J connectivity index is 1.88. The first-order chi connectivity index (χ1) is 12.5. The molecule has 0 atom stereocenters. The molecule has 26 heavy (non-hydrogen) atoms. The van der Waals surface area contributed by atoms with Crippen LogP contribution in [0.1, 0.15) is 11.1 Å². The first kappa shape index (κ1) is 18.0. The van der Waals surface area contributed by atoms with Gasteiger partial charge in [0, 0.05) is 33.6 Å². The van der Waals surface area contributed by atoms with Gasteiger partial charge in [0.1, 0.15) is 11.5 Å². The molecule has 130 valence electrons. The summed E-state index contributed by atoms with van der Waals surface area (Å²) in [4.78, 5) is 8.78. The molecule has 0 spiro atoms. The molecule has 0 aliphatic rings. The van der Waals surface area contributed by atoms with Crippen molar-refractivity contribution in [2.75, 3.05) is 0 Å². The van der Waals surface area contributed by atoms with Gasteiger partial charge in [-0.25, -0.2) is 0 Å². The van der Waals surface area contributed by atoms with E-state index in [-0.39, 0.29) is 11.5 Å². The van der Waals surface area contributed by atoms with Gasteiger partial charge >= 0.3 is 0 Å². The van der Waals surface area contributed by atoms with Crippen LogP contribution in [0.15, 0.2) is 70.6 Å². The summed E-state index contributed by atoms with van der Waals surface area (Å²) in [6.07, 6.45) is 3.08. The maximum atomic E-state index is 9.90. The molecular weight excluding hydrogens is 371 g/mol. The van der Waals surface area contributed by atoms with E-state index in [2.05, 4.69) is 9.98 Å². The van der Waals surface area contributed by atoms with Crippen molar-refractivity contribution in [3.63, 3.8) is 0 Å². The Morgan fingerprint density at radius 1 is 0.654 bits per heavy atom. The molecule has 0 aliphatic heterocycles. The number of benzene rings is 3. The molecule has 0 amide bonds. The summed E-state index contributed by atoms with van der Waals surface area (Å²) in [5, 5.41) is 20.7. The lowest BCUT2D eigenvalue weighted by Crippen LogP contribution is -1.83. The lowest BCUT2D eigenvalue weighted by molar-refractivity contribution is 0.474. The third-order valence-corrected chi connectivity index (χ3v) is 4.02. The summed E-state index contributed by atoms with van der Waals surface area (Å²) in [6.45, 7) is 0. The average molecular weight is 385 g/mol. The van der Waals surface area contributed by atoms with Gasteiger partial charge in [-0.1, -0.05) is 35.3 Å². The molecule has 0 saturated heterocycles. The number of aliphatic imine (C=N–C) groups is 2. The van der Waals surface area contributed by atoms with Crippen molar-refractivity contribution in [2.45, 2.75) is 0 Å². The zero-order chi connectivity index (χ0) is 18.5. The first-order valence-corrected chi connectivity index (χ1v) is 8.43. The standard InChI is InChI=1S/C20H14Cl2N2O2/c21-15-7-5-13(19(25)9-15)11-23-17-3-1-2-4-18(17)24-12-14-6-8-16(22)10-20(14)26/h1-12,25-26H. The van der Waals surface area contributed by atoms with E-state index in [9.17, 15) is 10.2 Å². The quantitative estimate of drug-likeness (QED) is 0.549. The molecular formula is C20H14Cl2N2O2. The Bertz CT molecular complexity index is 920. The molecule has 3 aromatic carbocycles. The minimum absolute atomic E-state index is 0.0494. The topological polar surface area (TPSA) is 65.2 Å². The monoisotopic (exact) mass is 384 g/mol. The second kappa shape index (κ2) is 8.04. The number of phenols is 2. The lowest BCUT2D eigenvalue weighted by Gasteiger charge is -2.02.